The molecule has 1 aromatic rings. The monoisotopic (exact) mass is 398 g/mol. The third-order valence-corrected chi connectivity index (χ3v) is 20.2. The predicted octanol–water partition coefficient (Wildman–Crippen LogP) is 5.27. The van der Waals surface area contributed by atoms with Gasteiger partial charge in [0.1, 0.15) is 0 Å². The number of hydrogen-bond donors (Lipinski definition) is 0. The van der Waals surface area contributed by atoms with Gasteiger partial charge in [0.2, 0.25) is 0 Å². The van der Waals surface area contributed by atoms with E-state index in [-0.39, 0.29) is 0 Å². The number of imidazole rings is 1. The van der Waals surface area contributed by atoms with Crippen molar-refractivity contribution >= 4 is 22.1 Å². The Hall–Kier alpha value is 0.00870. The molecule has 0 spiro atoms. The maximum atomic E-state index is 4.96. The molecule has 1 aromatic heterocycles. The van der Waals surface area contributed by atoms with Gasteiger partial charge in [-0.25, -0.2) is 0 Å². The molecule has 2 nitrogen and oxygen atoms in total. The van der Waals surface area contributed by atoms with Gasteiger partial charge in [-0.2, -0.15) is 0 Å². The molecule has 0 saturated heterocycles. The summed E-state index contributed by atoms with van der Waals surface area (Å²) in [4.78, 5) is 4.96. The second-order valence-electron chi connectivity index (χ2n) is 7.03. The average molecular weight is 397 g/mol. The molecule has 0 aromatic carbocycles. The van der Waals surface area contributed by atoms with Crippen molar-refractivity contribution < 1.29 is 0 Å². The zero-order valence-corrected chi connectivity index (χ0v) is 17.3. The fourth-order valence-electron chi connectivity index (χ4n) is 3.49. The van der Waals surface area contributed by atoms with Gasteiger partial charge in [-0.1, -0.05) is 0 Å². The first-order chi connectivity index (χ1) is 10.3. The molecule has 0 unspecified atom stereocenters. The number of nitrogens with zero attached hydrogens (tertiary/aromatic N) is 2. The summed E-state index contributed by atoms with van der Waals surface area (Å²) in [5.41, 5.74) is 0. The van der Waals surface area contributed by atoms with Crippen LogP contribution in [0.15, 0.2) is 12.5 Å². The molecular weight excluding hydrogens is 363 g/mol. The zero-order valence-electron chi connectivity index (χ0n) is 14.4. The van der Waals surface area contributed by atoms with E-state index in [1.54, 1.807) is 3.71 Å². The maximum absolute atomic E-state index is 4.96. The second kappa shape index (κ2) is 8.59. The van der Waals surface area contributed by atoms with E-state index in [9.17, 15) is 0 Å². The van der Waals surface area contributed by atoms with Gasteiger partial charge >= 0.3 is 136 Å². The quantitative estimate of drug-likeness (QED) is 0.465. The summed E-state index contributed by atoms with van der Waals surface area (Å²) < 4.78 is 8.64. The van der Waals surface area contributed by atoms with E-state index >= 15 is 0 Å². The molecule has 0 bridgehead atoms. The van der Waals surface area contributed by atoms with Gasteiger partial charge in [-0.15, -0.1) is 0 Å². The summed E-state index contributed by atoms with van der Waals surface area (Å²) in [6.45, 7) is 7.04. The van der Waals surface area contributed by atoms with E-state index in [0.717, 1.165) is 6.04 Å². The van der Waals surface area contributed by atoms with E-state index in [2.05, 4.69) is 37.9 Å². The van der Waals surface area contributed by atoms with Crippen LogP contribution in [0.5, 0.6) is 0 Å². The summed E-state index contributed by atoms with van der Waals surface area (Å²) in [5.74, 6) is 0. The Balaban J connectivity index is 2.19. The van der Waals surface area contributed by atoms with Crippen molar-refractivity contribution in [3.63, 3.8) is 0 Å². The van der Waals surface area contributed by atoms with Crippen molar-refractivity contribution in [1.29, 1.82) is 0 Å². The van der Waals surface area contributed by atoms with E-state index in [4.69, 9.17) is 4.98 Å². The summed E-state index contributed by atoms with van der Waals surface area (Å²) in [6, 6.07) is 0.791. The molecule has 1 saturated carbocycles. The SMILES string of the molecule is CCC[CH2][Sn]([CH2]CCC)([CH2]CCC)[c]1cn(C2CC2)cn1. The predicted molar refractivity (Wildman–Crippen MR) is 95.0 cm³/mol. The molecule has 2 rings (SSSR count). The Kier molecular flexibility index (Phi) is 7.10. The molecule has 1 aliphatic carbocycles. The standard InChI is InChI=1S/C6H7N2.3C4H9.Sn/c1-2-6(1)8-4-3-7-5-8;3*1-3-4-2;/h4-6H,1-2H2;3*1,3-4H2,2H3;. The molecule has 0 N–H and O–H groups in total. The zero-order chi connectivity index (χ0) is 15.1. The number of rotatable bonds is 11. The first kappa shape index (κ1) is 17.4. The van der Waals surface area contributed by atoms with Crippen molar-refractivity contribution in [3.05, 3.63) is 12.5 Å². The Morgan fingerprint density at radius 3 is 1.95 bits per heavy atom. The van der Waals surface area contributed by atoms with Gasteiger partial charge in [0.05, 0.1) is 0 Å². The van der Waals surface area contributed by atoms with Gasteiger partial charge in [0.15, 0.2) is 0 Å². The molecule has 1 heterocycles. The van der Waals surface area contributed by atoms with Crippen LogP contribution in [0.1, 0.15) is 78.2 Å². The van der Waals surface area contributed by atoms with Crippen LogP contribution < -0.4 is 3.71 Å². The Bertz CT molecular complexity index is 387. The minimum absolute atomic E-state index is 0.791. The van der Waals surface area contributed by atoms with E-state index < -0.39 is 18.4 Å². The van der Waals surface area contributed by atoms with Crippen molar-refractivity contribution in [2.45, 2.75) is 91.5 Å². The van der Waals surface area contributed by atoms with Gasteiger partial charge in [0, 0.05) is 0 Å². The third-order valence-electron chi connectivity index (χ3n) is 5.14. The van der Waals surface area contributed by atoms with Crippen molar-refractivity contribution in [1.82, 2.24) is 9.55 Å². The average Bonchev–Trinajstić information content (AvgIpc) is 3.24. The summed E-state index contributed by atoms with van der Waals surface area (Å²) in [7, 11) is 0. The topological polar surface area (TPSA) is 17.8 Å². The van der Waals surface area contributed by atoms with Crippen molar-refractivity contribution in [2.24, 2.45) is 0 Å². The number of hydrogen-bond acceptors (Lipinski definition) is 1. The van der Waals surface area contributed by atoms with Crippen LogP contribution in [0.2, 0.25) is 13.3 Å². The third kappa shape index (κ3) is 4.74. The summed E-state index contributed by atoms with van der Waals surface area (Å²) in [5, 5.41) is 0. The first-order valence-corrected chi connectivity index (χ1v) is 16.8. The van der Waals surface area contributed by atoms with E-state index in [1.807, 2.05) is 0 Å². The van der Waals surface area contributed by atoms with Crippen molar-refractivity contribution in [2.75, 3.05) is 0 Å². The van der Waals surface area contributed by atoms with Gasteiger partial charge in [-0.3, -0.25) is 0 Å². The summed E-state index contributed by atoms with van der Waals surface area (Å²) >= 11 is -2.24. The van der Waals surface area contributed by atoms with E-state index in [0.29, 0.717) is 0 Å². The Morgan fingerprint density at radius 2 is 1.52 bits per heavy atom. The van der Waals surface area contributed by atoms with Crippen LogP contribution in [-0.4, -0.2) is 27.9 Å². The molecule has 0 atom stereocenters. The van der Waals surface area contributed by atoms with Crippen LogP contribution >= 0.6 is 0 Å². The van der Waals surface area contributed by atoms with Crippen LogP contribution in [0.4, 0.5) is 0 Å². The molecule has 3 heteroatoms. The van der Waals surface area contributed by atoms with Crippen LogP contribution in [0.3, 0.4) is 0 Å². The fraction of sp³-hybridized carbons (Fsp3) is 0.833. The molecule has 0 aliphatic heterocycles. The first-order valence-electron chi connectivity index (χ1n) is 9.29. The molecule has 1 fully saturated rings. The van der Waals surface area contributed by atoms with Crippen LogP contribution in [0.25, 0.3) is 0 Å². The Labute approximate surface area is 135 Å². The fourth-order valence-corrected chi connectivity index (χ4v) is 18.8. The normalized spacial score (nSPS) is 15.6. The minimum atomic E-state index is -2.24. The second-order valence-corrected chi connectivity index (χ2v) is 20.1. The molecule has 21 heavy (non-hydrogen) atoms. The number of unbranched alkanes of at least 4 members (excludes halogenated alkanes) is 3. The molecule has 1 aliphatic rings. The van der Waals surface area contributed by atoms with Gasteiger partial charge in [-0.05, 0) is 0 Å². The molecule has 0 radical (unpaired) electrons. The summed E-state index contributed by atoms with van der Waals surface area (Å²) in [6.07, 6.45) is 15.7. The van der Waals surface area contributed by atoms with Crippen LogP contribution in [0, 0.1) is 0 Å². The molecule has 120 valence electrons. The van der Waals surface area contributed by atoms with Crippen molar-refractivity contribution in [3.8, 4) is 0 Å². The Morgan fingerprint density at radius 1 is 1.00 bits per heavy atom. The van der Waals surface area contributed by atoms with E-state index in [1.165, 1.54) is 64.7 Å². The van der Waals surface area contributed by atoms with Crippen LogP contribution in [-0.2, 0) is 0 Å². The van der Waals surface area contributed by atoms with Gasteiger partial charge < -0.3 is 0 Å². The molecular formula is C18H34N2Sn. The van der Waals surface area contributed by atoms with Gasteiger partial charge in [0.25, 0.3) is 0 Å². The number of aromatic nitrogens is 2. The molecule has 0 amide bonds.